The molecule has 0 saturated heterocycles. The van der Waals surface area contributed by atoms with Crippen LogP contribution in [0.2, 0.25) is 0 Å². The second kappa shape index (κ2) is 9.75. The van der Waals surface area contributed by atoms with Crippen molar-refractivity contribution >= 4 is 104 Å². The lowest BCUT2D eigenvalue weighted by atomic mass is 9.99. The summed E-state index contributed by atoms with van der Waals surface area (Å²) in [6.07, 6.45) is 0. The van der Waals surface area contributed by atoms with Gasteiger partial charge in [0.25, 0.3) is 0 Å². The van der Waals surface area contributed by atoms with E-state index >= 15 is 0 Å². The molecule has 0 aliphatic carbocycles. The number of hydrogen-bond acceptors (Lipinski definition) is 2. The van der Waals surface area contributed by atoms with E-state index in [-0.39, 0.29) is 0 Å². The predicted molar refractivity (Wildman–Crippen MR) is 220 cm³/mol. The average Bonchev–Trinajstić information content (AvgIpc) is 3.94. The van der Waals surface area contributed by atoms with Crippen LogP contribution in [0.3, 0.4) is 0 Å². The minimum atomic E-state index is 0.897. The van der Waals surface area contributed by atoms with Crippen LogP contribution in [0.4, 0.5) is 0 Å². The summed E-state index contributed by atoms with van der Waals surface area (Å²) in [6.45, 7) is 0. The molecule has 244 valence electrons. The number of nitrogens with zero attached hydrogens (tertiary/aromatic N) is 5. The van der Waals surface area contributed by atoms with Gasteiger partial charge in [0.05, 0.1) is 44.1 Å². The second-order valence-electron chi connectivity index (χ2n) is 14.2. The maximum Gasteiger partial charge on any atom is 0.165 e. The van der Waals surface area contributed by atoms with Gasteiger partial charge in [-0.05, 0) is 77.5 Å². The topological polar surface area (TPSA) is 40.0 Å². The zero-order valence-corrected chi connectivity index (χ0v) is 28.3. The molecule has 0 unspecified atom stereocenters. The minimum Gasteiger partial charge on any atom is -0.309 e. The molecule has 13 rings (SSSR count). The van der Waals surface area contributed by atoms with Crippen LogP contribution >= 0.6 is 0 Å². The van der Waals surface area contributed by atoms with Gasteiger partial charge in [-0.1, -0.05) is 97.1 Å². The summed E-state index contributed by atoms with van der Waals surface area (Å²) in [5.41, 5.74) is 13.0. The van der Waals surface area contributed by atoms with Crippen LogP contribution in [0.5, 0.6) is 0 Å². The zero-order chi connectivity index (χ0) is 34.4. The third-order valence-electron chi connectivity index (χ3n) is 11.5. The molecule has 0 saturated carbocycles. The predicted octanol–water partition coefficient (Wildman–Crippen LogP) is 12.1. The molecule has 8 aromatic carbocycles. The fourth-order valence-electron chi connectivity index (χ4n) is 9.41. The molecule has 5 aromatic heterocycles. The summed E-state index contributed by atoms with van der Waals surface area (Å²) in [6, 6.07) is 59.2. The quantitative estimate of drug-likeness (QED) is 0.183. The highest BCUT2D eigenvalue weighted by molar-refractivity contribution is 6.30. The van der Waals surface area contributed by atoms with Crippen molar-refractivity contribution in [1.29, 1.82) is 0 Å². The van der Waals surface area contributed by atoms with Gasteiger partial charge in [-0.15, -0.1) is 0 Å². The Morgan fingerprint density at radius 3 is 1.55 bits per heavy atom. The Morgan fingerprint density at radius 1 is 0.340 bits per heavy atom. The monoisotopic (exact) mass is 673 g/mol. The lowest BCUT2D eigenvalue weighted by Crippen LogP contribution is -1.94. The van der Waals surface area contributed by atoms with Crippen LogP contribution in [0.15, 0.2) is 164 Å². The molecule has 0 aliphatic heterocycles. The normalized spacial score (nSPS) is 12.5. The molecule has 0 radical (unpaired) electrons. The van der Waals surface area contributed by atoms with Crippen LogP contribution in [-0.2, 0) is 0 Å². The smallest absolute Gasteiger partial charge is 0.165 e. The number of benzene rings is 8. The third-order valence-corrected chi connectivity index (χ3v) is 11.5. The van der Waals surface area contributed by atoms with E-state index in [1.54, 1.807) is 0 Å². The van der Waals surface area contributed by atoms with Gasteiger partial charge in [-0.2, -0.15) is 0 Å². The van der Waals surface area contributed by atoms with Crippen molar-refractivity contribution in [2.45, 2.75) is 0 Å². The van der Waals surface area contributed by atoms with E-state index in [4.69, 9.17) is 9.97 Å². The number of hydrogen-bond donors (Lipinski definition) is 0. The summed E-state index contributed by atoms with van der Waals surface area (Å²) in [7, 11) is 0. The van der Waals surface area contributed by atoms with Crippen molar-refractivity contribution in [3.63, 3.8) is 0 Å². The van der Waals surface area contributed by atoms with E-state index in [0.29, 0.717) is 0 Å². The molecule has 0 fully saturated rings. The number of rotatable bonds is 2. The second-order valence-corrected chi connectivity index (χ2v) is 14.2. The van der Waals surface area contributed by atoms with Crippen molar-refractivity contribution in [1.82, 2.24) is 23.5 Å². The van der Waals surface area contributed by atoms with Gasteiger partial charge in [0.15, 0.2) is 5.65 Å². The fraction of sp³-hybridized carbons (Fsp3) is 0. The Morgan fingerprint density at radius 2 is 0.868 bits per heavy atom. The first-order valence-electron chi connectivity index (χ1n) is 18.1. The SMILES string of the molecule is c1ccc(-n2c3ccccc3c3c4ccc5c(c4ccc32)c2ccccc2n5-c2cc3c4ccccc4n4c5nc6ccccc6nc5c(c2)c34)cc1. The van der Waals surface area contributed by atoms with Crippen LogP contribution in [0, 0.1) is 0 Å². The highest BCUT2D eigenvalue weighted by atomic mass is 15.0. The van der Waals surface area contributed by atoms with Crippen molar-refractivity contribution < 1.29 is 0 Å². The molecular formula is C48H27N5. The van der Waals surface area contributed by atoms with E-state index in [9.17, 15) is 0 Å². The Balaban J connectivity index is 1.17. The molecule has 53 heavy (non-hydrogen) atoms. The van der Waals surface area contributed by atoms with Gasteiger partial charge in [0.1, 0.15) is 5.52 Å². The molecule has 0 aliphatic rings. The van der Waals surface area contributed by atoms with Crippen LogP contribution < -0.4 is 0 Å². The first kappa shape index (κ1) is 27.5. The van der Waals surface area contributed by atoms with Gasteiger partial charge in [0.2, 0.25) is 0 Å². The maximum atomic E-state index is 5.25. The zero-order valence-electron chi connectivity index (χ0n) is 28.3. The Bertz CT molecular complexity index is 3680. The highest BCUT2D eigenvalue weighted by Crippen LogP contribution is 2.45. The number of para-hydroxylation sites is 6. The first-order chi connectivity index (χ1) is 26.3. The molecule has 0 bridgehead atoms. The average molecular weight is 674 g/mol. The van der Waals surface area contributed by atoms with E-state index in [1.807, 2.05) is 12.1 Å². The summed E-state index contributed by atoms with van der Waals surface area (Å²) in [5.74, 6) is 0. The summed E-state index contributed by atoms with van der Waals surface area (Å²) in [4.78, 5) is 10.4. The Kier molecular flexibility index (Phi) is 5.06. The molecule has 5 heteroatoms. The van der Waals surface area contributed by atoms with E-state index in [2.05, 4.69) is 165 Å². The number of fused-ring (bicyclic) bond motifs is 16. The Hall–Kier alpha value is -7.24. The lowest BCUT2D eigenvalue weighted by Gasteiger charge is -2.10. The standard InChI is InChI=1S/C48H27N5/c1-2-12-28(13-3-1)51-40-20-10-5-15-33(40)44-31-23-25-43-45(32(31)22-24-42(44)51)34-16-6-11-21-41(34)52(43)29-26-35-30-14-4-9-19-39(30)53-47(35)36(27-29)46-48(53)50-38-18-8-7-17-37(38)49-46/h1-27H. The van der Waals surface area contributed by atoms with E-state index in [0.717, 1.165) is 38.8 Å². The fourth-order valence-corrected chi connectivity index (χ4v) is 9.41. The molecule has 0 atom stereocenters. The first-order valence-corrected chi connectivity index (χ1v) is 18.1. The van der Waals surface area contributed by atoms with E-state index in [1.165, 1.54) is 76.4 Å². The third kappa shape index (κ3) is 3.42. The van der Waals surface area contributed by atoms with Gasteiger partial charge < -0.3 is 9.13 Å². The van der Waals surface area contributed by atoms with Crippen LogP contribution in [-0.4, -0.2) is 23.5 Å². The molecule has 5 nitrogen and oxygen atoms in total. The summed E-state index contributed by atoms with van der Waals surface area (Å²) < 4.78 is 7.17. The van der Waals surface area contributed by atoms with Crippen LogP contribution in [0.25, 0.3) is 115 Å². The van der Waals surface area contributed by atoms with Gasteiger partial charge in [-0.3, -0.25) is 4.40 Å². The van der Waals surface area contributed by atoms with Gasteiger partial charge in [-0.25, -0.2) is 9.97 Å². The molecular weight excluding hydrogens is 647 g/mol. The number of aromatic nitrogens is 5. The summed E-state index contributed by atoms with van der Waals surface area (Å²) in [5, 5.41) is 11.1. The molecule has 0 spiro atoms. The van der Waals surface area contributed by atoms with Crippen molar-refractivity contribution in [3.05, 3.63) is 164 Å². The van der Waals surface area contributed by atoms with Gasteiger partial charge >= 0.3 is 0 Å². The minimum absolute atomic E-state index is 0.897. The highest BCUT2D eigenvalue weighted by Gasteiger charge is 2.24. The maximum absolute atomic E-state index is 5.25. The van der Waals surface area contributed by atoms with Crippen molar-refractivity contribution in [2.75, 3.05) is 0 Å². The van der Waals surface area contributed by atoms with Gasteiger partial charge in [0, 0.05) is 49.1 Å². The molecule has 13 aromatic rings. The lowest BCUT2D eigenvalue weighted by molar-refractivity contribution is 1.18. The van der Waals surface area contributed by atoms with Crippen LogP contribution in [0.1, 0.15) is 0 Å². The molecule has 5 heterocycles. The molecule has 0 N–H and O–H groups in total. The largest absolute Gasteiger partial charge is 0.309 e. The summed E-state index contributed by atoms with van der Waals surface area (Å²) >= 11 is 0. The van der Waals surface area contributed by atoms with Crippen molar-refractivity contribution in [3.8, 4) is 11.4 Å². The Labute approximate surface area is 301 Å². The molecule has 0 amide bonds. The van der Waals surface area contributed by atoms with Crippen molar-refractivity contribution in [2.24, 2.45) is 0 Å². The van der Waals surface area contributed by atoms with E-state index < -0.39 is 0 Å².